The summed E-state index contributed by atoms with van der Waals surface area (Å²) in [5.74, 6) is 1.68. The Kier molecular flexibility index (Phi) is 4.94. The number of nitrogens with zero attached hydrogens (tertiary/aromatic N) is 3. The number of hydrogen-bond donors (Lipinski definition) is 1. The highest BCUT2D eigenvalue weighted by molar-refractivity contribution is 5.92. The van der Waals surface area contributed by atoms with Crippen molar-refractivity contribution >= 4 is 5.91 Å². The van der Waals surface area contributed by atoms with Gasteiger partial charge in [0.1, 0.15) is 11.8 Å². The van der Waals surface area contributed by atoms with E-state index in [1.165, 1.54) is 0 Å². The first-order chi connectivity index (χ1) is 11.5. The third-order valence-electron chi connectivity index (χ3n) is 4.16. The topological polar surface area (TPSA) is 103 Å². The smallest absolute Gasteiger partial charge is 0.274 e. The second-order valence-electron chi connectivity index (χ2n) is 6.35. The molecule has 8 nitrogen and oxygen atoms in total. The summed E-state index contributed by atoms with van der Waals surface area (Å²) in [6.45, 7) is 7.03. The quantitative estimate of drug-likeness (QED) is 0.895. The van der Waals surface area contributed by atoms with Crippen LogP contribution in [0.1, 0.15) is 66.6 Å². The van der Waals surface area contributed by atoms with E-state index in [4.69, 9.17) is 13.8 Å². The molecule has 24 heavy (non-hydrogen) atoms. The normalized spacial score (nSPS) is 17.2. The maximum Gasteiger partial charge on any atom is 0.274 e. The SMILES string of the molecule is Cc1noc([C@@H](NC(=O)c2cc(C(C)C)on2)C2CCOCC2)n1. The monoisotopic (exact) mass is 334 g/mol. The van der Waals surface area contributed by atoms with Gasteiger partial charge in [0.25, 0.3) is 5.91 Å². The minimum Gasteiger partial charge on any atom is -0.381 e. The average Bonchev–Trinajstić information content (AvgIpc) is 3.22. The molecule has 2 aromatic heterocycles. The fourth-order valence-corrected chi connectivity index (χ4v) is 2.75. The van der Waals surface area contributed by atoms with E-state index in [1.807, 2.05) is 13.8 Å². The van der Waals surface area contributed by atoms with Crippen LogP contribution in [0.5, 0.6) is 0 Å². The van der Waals surface area contributed by atoms with Crippen molar-refractivity contribution in [1.82, 2.24) is 20.6 Å². The zero-order valence-corrected chi connectivity index (χ0v) is 14.1. The standard InChI is InChI=1S/C16H22N4O4/c1-9(2)13-8-12(20-23-13)15(21)18-14(11-4-6-22-7-5-11)16-17-10(3)19-24-16/h8-9,11,14H,4-7H2,1-3H3,(H,18,21)/t14-/m0/s1. The largest absolute Gasteiger partial charge is 0.381 e. The molecule has 8 heteroatoms. The molecule has 1 aliphatic rings. The molecule has 1 atom stereocenters. The lowest BCUT2D eigenvalue weighted by molar-refractivity contribution is 0.0466. The van der Waals surface area contributed by atoms with Crippen molar-refractivity contribution in [3.63, 3.8) is 0 Å². The molecule has 1 fully saturated rings. The van der Waals surface area contributed by atoms with Crippen LogP contribution in [-0.4, -0.2) is 34.4 Å². The Bertz CT molecular complexity index is 688. The summed E-state index contributed by atoms with van der Waals surface area (Å²) in [4.78, 5) is 16.8. The van der Waals surface area contributed by atoms with Crippen molar-refractivity contribution < 1.29 is 18.6 Å². The van der Waals surface area contributed by atoms with Crippen LogP contribution >= 0.6 is 0 Å². The lowest BCUT2D eigenvalue weighted by Gasteiger charge is -2.28. The predicted molar refractivity (Wildman–Crippen MR) is 83.4 cm³/mol. The molecular formula is C16H22N4O4. The number of carbonyl (C=O) groups is 1. The van der Waals surface area contributed by atoms with E-state index in [1.54, 1.807) is 13.0 Å². The molecular weight excluding hydrogens is 312 g/mol. The zero-order chi connectivity index (χ0) is 17.1. The third kappa shape index (κ3) is 3.64. The minimum atomic E-state index is -0.359. The maximum atomic E-state index is 12.6. The number of carbonyl (C=O) groups excluding carboxylic acids is 1. The highest BCUT2D eigenvalue weighted by atomic mass is 16.5. The molecule has 0 bridgehead atoms. The van der Waals surface area contributed by atoms with E-state index < -0.39 is 0 Å². The number of ether oxygens (including phenoxy) is 1. The van der Waals surface area contributed by atoms with Gasteiger partial charge < -0.3 is 19.1 Å². The highest BCUT2D eigenvalue weighted by Gasteiger charge is 2.32. The summed E-state index contributed by atoms with van der Waals surface area (Å²) in [5, 5.41) is 10.7. The Hall–Kier alpha value is -2.22. The molecule has 0 aliphatic carbocycles. The summed E-state index contributed by atoms with van der Waals surface area (Å²) < 4.78 is 15.9. The number of hydrogen-bond acceptors (Lipinski definition) is 7. The molecule has 1 saturated heterocycles. The van der Waals surface area contributed by atoms with Gasteiger partial charge in [0.15, 0.2) is 11.5 Å². The molecule has 2 aromatic rings. The fourth-order valence-electron chi connectivity index (χ4n) is 2.75. The van der Waals surface area contributed by atoms with Crippen molar-refractivity contribution in [2.75, 3.05) is 13.2 Å². The first-order valence-electron chi connectivity index (χ1n) is 8.20. The van der Waals surface area contributed by atoms with Crippen LogP contribution in [0.4, 0.5) is 0 Å². The van der Waals surface area contributed by atoms with E-state index in [0.717, 1.165) is 12.8 Å². The third-order valence-corrected chi connectivity index (χ3v) is 4.16. The second-order valence-corrected chi connectivity index (χ2v) is 6.35. The Morgan fingerprint density at radius 3 is 2.58 bits per heavy atom. The van der Waals surface area contributed by atoms with E-state index in [2.05, 4.69) is 20.6 Å². The Morgan fingerprint density at radius 2 is 2.00 bits per heavy atom. The Morgan fingerprint density at radius 1 is 1.25 bits per heavy atom. The number of rotatable bonds is 5. The lowest BCUT2D eigenvalue weighted by atomic mass is 9.91. The van der Waals surface area contributed by atoms with Gasteiger partial charge in [0, 0.05) is 25.2 Å². The molecule has 3 heterocycles. The minimum absolute atomic E-state index is 0.170. The van der Waals surface area contributed by atoms with Crippen LogP contribution in [-0.2, 0) is 4.74 Å². The van der Waals surface area contributed by atoms with Crippen LogP contribution in [0.25, 0.3) is 0 Å². The van der Waals surface area contributed by atoms with Crippen LogP contribution in [0.2, 0.25) is 0 Å². The van der Waals surface area contributed by atoms with Crippen molar-refractivity contribution in [1.29, 1.82) is 0 Å². The molecule has 3 rings (SSSR count). The summed E-state index contributed by atoms with van der Waals surface area (Å²) in [6.07, 6.45) is 1.64. The van der Waals surface area contributed by atoms with E-state index in [-0.39, 0.29) is 29.5 Å². The number of aromatic nitrogens is 3. The van der Waals surface area contributed by atoms with Crippen molar-refractivity contribution in [2.45, 2.75) is 45.6 Å². The Labute approximate surface area is 139 Å². The summed E-state index contributed by atoms with van der Waals surface area (Å²) in [5.41, 5.74) is 0.256. The van der Waals surface area contributed by atoms with Crippen LogP contribution in [0, 0.1) is 12.8 Å². The average molecular weight is 334 g/mol. The van der Waals surface area contributed by atoms with Gasteiger partial charge in [-0.15, -0.1) is 0 Å². The van der Waals surface area contributed by atoms with E-state index >= 15 is 0 Å². The van der Waals surface area contributed by atoms with Gasteiger partial charge in [-0.1, -0.05) is 24.2 Å². The van der Waals surface area contributed by atoms with Crippen molar-refractivity contribution in [3.8, 4) is 0 Å². The van der Waals surface area contributed by atoms with E-state index in [0.29, 0.717) is 30.7 Å². The number of aryl methyl sites for hydroxylation is 1. The Balaban J connectivity index is 1.78. The molecule has 0 spiro atoms. The molecule has 0 radical (unpaired) electrons. The van der Waals surface area contributed by atoms with Gasteiger partial charge in [-0.25, -0.2) is 0 Å². The van der Waals surface area contributed by atoms with Gasteiger partial charge in [-0.3, -0.25) is 4.79 Å². The van der Waals surface area contributed by atoms with Gasteiger partial charge in [-0.2, -0.15) is 4.98 Å². The molecule has 1 amide bonds. The molecule has 0 aromatic carbocycles. The summed E-state index contributed by atoms with van der Waals surface area (Å²) in [6, 6.07) is 1.31. The highest BCUT2D eigenvalue weighted by Crippen LogP contribution is 2.29. The van der Waals surface area contributed by atoms with E-state index in [9.17, 15) is 4.79 Å². The maximum absolute atomic E-state index is 12.6. The fraction of sp³-hybridized carbons (Fsp3) is 0.625. The second kappa shape index (κ2) is 7.12. The number of nitrogens with one attached hydrogen (secondary N) is 1. The van der Waals surface area contributed by atoms with Gasteiger partial charge >= 0.3 is 0 Å². The van der Waals surface area contributed by atoms with Crippen LogP contribution in [0.3, 0.4) is 0 Å². The van der Waals surface area contributed by atoms with Crippen LogP contribution < -0.4 is 5.32 Å². The molecule has 130 valence electrons. The molecule has 0 saturated carbocycles. The van der Waals surface area contributed by atoms with Crippen LogP contribution in [0.15, 0.2) is 15.1 Å². The molecule has 1 aliphatic heterocycles. The zero-order valence-electron chi connectivity index (χ0n) is 14.1. The lowest BCUT2D eigenvalue weighted by Crippen LogP contribution is -2.36. The first kappa shape index (κ1) is 16.6. The number of amides is 1. The predicted octanol–water partition coefficient (Wildman–Crippen LogP) is 2.39. The summed E-state index contributed by atoms with van der Waals surface area (Å²) >= 11 is 0. The van der Waals surface area contributed by atoms with Gasteiger partial charge in [-0.05, 0) is 25.7 Å². The van der Waals surface area contributed by atoms with Crippen molar-refractivity contribution in [2.24, 2.45) is 5.92 Å². The van der Waals surface area contributed by atoms with Gasteiger partial charge in [0.05, 0.1) is 0 Å². The first-order valence-corrected chi connectivity index (χ1v) is 8.20. The van der Waals surface area contributed by atoms with Gasteiger partial charge in [0.2, 0.25) is 5.89 Å². The molecule has 0 unspecified atom stereocenters. The molecule has 1 N–H and O–H groups in total. The summed E-state index contributed by atoms with van der Waals surface area (Å²) in [7, 11) is 0. The van der Waals surface area contributed by atoms with Crippen molar-refractivity contribution in [3.05, 3.63) is 29.2 Å².